The highest BCUT2D eigenvalue weighted by Gasteiger charge is 2.44. The van der Waals surface area contributed by atoms with Gasteiger partial charge in [-0.2, -0.15) is 0 Å². The molecule has 1 aliphatic rings. The van der Waals surface area contributed by atoms with E-state index in [4.69, 9.17) is 0 Å². The second kappa shape index (κ2) is 3.40. The Bertz CT molecular complexity index is 198. The van der Waals surface area contributed by atoms with Crippen LogP contribution < -0.4 is 0 Å². The van der Waals surface area contributed by atoms with Crippen molar-refractivity contribution >= 4 is 5.78 Å². The number of carbonyl (C=O) groups excluding carboxylic acids is 1. The number of allylic oxidation sites excluding steroid dienone is 1. The highest BCUT2D eigenvalue weighted by atomic mass is 16.3. The van der Waals surface area contributed by atoms with Crippen LogP contribution in [0.25, 0.3) is 0 Å². The van der Waals surface area contributed by atoms with E-state index >= 15 is 0 Å². The number of rotatable bonds is 3. The van der Waals surface area contributed by atoms with E-state index in [2.05, 4.69) is 6.58 Å². The second-order valence-corrected chi connectivity index (χ2v) is 3.72. The summed E-state index contributed by atoms with van der Waals surface area (Å²) in [6, 6.07) is 0. The van der Waals surface area contributed by atoms with Crippen LogP contribution in [0.3, 0.4) is 0 Å². The zero-order chi connectivity index (χ0) is 9.19. The van der Waals surface area contributed by atoms with E-state index in [0.29, 0.717) is 12.8 Å². The van der Waals surface area contributed by atoms with Crippen molar-refractivity contribution < 1.29 is 9.90 Å². The van der Waals surface area contributed by atoms with Gasteiger partial charge >= 0.3 is 0 Å². The highest BCUT2D eigenvalue weighted by molar-refractivity contribution is 5.87. The fourth-order valence-corrected chi connectivity index (χ4v) is 1.77. The minimum atomic E-state index is -0.492. The quantitative estimate of drug-likeness (QED) is 0.651. The molecule has 1 aliphatic carbocycles. The minimum absolute atomic E-state index is 0.205. The van der Waals surface area contributed by atoms with Gasteiger partial charge in [0.2, 0.25) is 0 Å². The Balaban J connectivity index is 2.65. The molecule has 0 aromatic carbocycles. The van der Waals surface area contributed by atoms with Crippen LogP contribution in [-0.2, 0) is 4.79 Å². The lowest BCUT2D eigenvalue weighted by Gasteiger charge is -2.25. The average Bonchev–Trinajstić information content (AvgIpc) is 2.30. The Morgan fingerprint density at radius 2 is 2.50 bits per heavy atom. The van der Waals surface area contributed by atoms with Crippen molar-refractivity contribution in [3.63, 3.8) is 0 Å². The van der Waals surface area contributed by atoms with E-state index in [1.807, 2.05) is 6.92 Å². The van der Waals surface area contributed by atoms with Crippen LogP contribution in [0.15, 0.2) is 12.7 Å². The average molecular weight is 168 g/mol. The molecule has 0 heterocycles. The van der Waals surface area contributed by atoms with Gasteiger partial charge in [-0.15, -0.1) is 6.58 Å². The zero-order valence-electron chi connectivity index (χ0n) is 7.55. The lowest BCUT2D eigenvalue weighted by Crippen LogP contribution is -2.32. The van der Waals surface area contributed by atoms with Crippen molar-refractivity contribution in [3.8, 4) is 0 Å². The Hall–Kier alpha value is -0.630. The van der Waals surface area contributed by atoms with Gasteiger partial charge in [0, 0.05) is 6.42 Å². The van der Waals surface area contributed by atoms with Crippen LogP contribution in [-0.4, -0.2) is 17.0 Å². The Morgan fingerprint density at radius 1 is 1.83 bits per heavy atom. The summed E-state index contributed by atoms with van der Waals surface area (Å²) in [6.45, 7) is 5.47. The van der Waals surface area contributed by atoms with Gasteiger partial charge < -0.3 is 5.11 Å². The maximum absolute atomic E-state index is 11.4. The number of ketones is 1. The van der Waals surface area contributed by atoms with E-state index in [1.54, 1.807) is 6.08 Å². The molecule has 0 spiro atoms. The van der Waals surface area contributed by atoms with Gasteiger partial charge in [0.25, 0.3) is 0 Å². The lowest BCUT2D eigenvalue weighted by molar-refractivity contribution is -0.128. The molecular formula is C10H16O2. The van der Waals surface area contributed by atoms with Crippen molar-refractivity contribution in [3.05, 3.63) is 12.7 Å². The normalized spacial score (nSPS) is 35.5. The van der Waals surface area contributed by atoms with Gasteiger partial charge in [-0.05, 0) is 19.3 Å². The Labute approximate surface area is 73.3 Å². The van der Waals surface area contributed by atoms with Crippen LogP contribution >= 0.6 is 0 Å². The van der Waals surface area contributed by atoms with Crippen LogP contribution in [0.2, 0.25) is 0 Å². The standard InChI is InChI=1S/C10H16O2/c1-3-4-7-10(2)8(11)5-6-9(10)12/h3,8,11H,1,4-7H2,2H3/t8-,10-/m0/s1. The zero-order valence-corrected chi connectivity index (χ0v) is 7.55. The summed E-state index contributed by atoms with van der Waals surface area (Å²) in [5.74, 6) is 0.205. The van der Waals surface area contributed by atoms with Crippen molar-refractivity contribution in [2.24, 2.45) is 5.41 Å². The molecule has 12 heavy (non-hydrogen) atoms. The molecule has 1 N–H and O–H groups in total. The molecule has 1 saturated carbocycles. The van der Waals surface area contributed by atoms with Gasteiger partial charge in [-0.1, -0.05) is 13.0 Å². The number of hydrogen-bond donors (Lipinski definition) is 1. The monoisotopic (exact) mass is 168 g/mol. The number of hydrogen-bond acceptors (Lipinski definition) is 2. The number of Topliss-reactive ketones (excluding diaryl/α,β-unsaturated/α-hetero) is 1. The topological polar surface area (TPSA) is 37.3 Å². The summed E-state index contributed by atoms with van der Waals surface area (Å²) in [5, 5.41) is 9.59. The van der Waals surface area contributed by atoms with E-state index in [1.165, 1.54) is 0 Å². The van der Waals surface area contributed by atoms with Gasteiger partial charge in [-0.25, -0.2) is 0 Å². The summed E-state index contributed by atoms with van der Waals surface area (Å²) >= 11 is 0. The number of aliphatic hydroxyl groups excluding tert-OH is 1. The lowest BCUT2D eigenvalue weighted by atomic mass is 9.81. The molecule has 2 nitrogen and oxygen atoms in total. The molecule has 0 aliphatic heterocycles. The predicted molar refractivity (Wildman–Crippen MR) is 47.8 cm³/mol. The largest absolute Gasteiger partial charge is 0.392 e. The molecule has 2 atom stereocenters. The molecule has 2 heteroatoms. The maximum Gasteiger partial charge on any atom is 0.141 e. The Morgan fingerprint density at radius 3 is 2.92 bits per heavy atom. The molecule has 1 rings (SSSR count). The summed E-state index contributed by atoms with van der Waals surface area (Å²) < 4.78 is 0. The predicted octanol–water partition coefficient (Wildman–Crippen LogP) is 1.68. The molecule has 0 unspecified atom stereocenters. The first-order chi connectivity index (χ1) is 5.61. The third-order valence-corrected chi connectivity index (χ3v) is 2.89. The molecule has 68 valence electrons. The van der Waals surface area contributed by atoms with Gasteiger partial charge in [0.1, 0.15) is 5.78 Å². The fourth-order valence-electron chi connectivity index (χ4n) is 1.77. The van der Waals surface area contributed by atoms with Crippen molar-refractivity contribution in [1.29, 1.82) is 0 Å². The third-order valence-electron chi connectivity index (χ3n) is 2.89. The van der Waals surface area contributed by atoms with Crippen molar-refractivity contribution in [2.45, 2.75) is 38.7 Å². The van der Waals surface area contributed by atoms with Crippen LogP contribution in [0.5, 0.6) is 0 Å². The van der Waals surface area contributed by atoms with E-state index in [9.17, 15) is 9.90 Å². The van der Waals surface area contributed by atoms with Gasteiger partial charge in [-0.3, -0.25) is 4.79 Å². The maximum atomic E-state index is 11.4. The van der Waals surface area contributed by atoms with E-state index < -0.39 is 11.5 Å². The fraction of sp³-hybridized carbons (Fsp3) is 0.700. The van der Waals surface area contributed by atoms with Gasteiger partial charge in [0.15, 0.2) is 0 Å². The van der Waals surface area contributed by atoms with Crippen LogP contribution in [0.4, 0.5) is 0 Å². The SMILES string of the molecule is C=CCC[C@]1(C)C(=O)CC[C@@H]1O. The molecule has 0 aromatic heterocycles. The Kier molecular flexibility index (Phi) is 2.68. The molecule has 0 radical (unpaired) electrons. The number of aliphatic hydroxyl groups is 1. The first kappa shape index (κ1) is 9.46. The highest BCUT2D eigenvalue weighted by Crippen LogP contribution is 2.38. The summed E-state index contributed by atoms with van der Waals surface area (Å²) in [7, 11) is 0. The third kappa shape index (κ3) is 1.44. The molecule has 0 aromatic rings. The number of carbonyl (C=O) groups is 1. The minimum Gasteiger partial charge on any atom is -0.392 e. The molecular weight excluding hydrogens is 152 g/mol. The smallest absolute Gasteiger partial charge is 0.141 e. The van der Waals surface area contributed by atoms with Crippen LogP contribution in [0, 0.1) is 5.41 Å². The van der Waals surface area contributed by atoms with Crippen molar-refractivity contribution in [1.82, 2.24) is 0 Å². The van der Waals surface area contributed by atoms with Crippen molar-refractivity contribution in [2.75, 3.05) is 0 Å². The first-order valence-electron chi connectivity index (χ1n) is 4.43. The van der Waals surface area contributed by atoms with Crippen LogP contribution in [0.1, 0.15) is 32.6 Å². The van der Waals surface area contributed by atoms with Gasteiger partial charge in [0.05, 0.1) is 11.5 Å². The molecule has 0 saturated heterocycles. The molecule has 0 amide bonds. The summed E-state index contributed by atoms with van der Waals surface area (Å²) in [6.07, 6.45) is 4.06. The summed E-state index contributed by atoms with van der Waals surface area (Å²) in [4.78, 5) is 11.4. The molecule has 1 fully saturated rings. The van der Waals surface area contributed by atoms with E-state index in [-0.39, 0.29) is 5.78 Å². The molecule has 0 bridgehead atoms. The first-order valence-corrected chi connectivity index (χ1v) is 4.43. The van der Waals surface area contributed by atoms with E-state index in [0.717, 1.165) is 12.8 Å². The summed E-state index contributed by atoms with van der Waals surface area (Å²) in [5.41, 5.74) is -0.492. The second-order valence-electron chi connectivity index (χ2n) is 3.72.